The third kappa shape index (κ3) is 3.70. The number of hydrogen-bond acceptors (Lipinski definition) is 2. The lowest BCUT2D eigenvalue weighted by Crippen LogP contribution is -2.20. The first-order chi connectivity index (χ1) is 10.1. The molecule has 3 nitrogen and oxygen atoms in total. The van der Waals surface area contributed by atoms with E-state index in [1.165, 1.54) is 19.3 Å². The number of carboxylic acid groups (broad SMARTS) is 1. The number of halogens is 1. The van der Waals surface area contributed by atoms with Crippen LogP contribution in [0.1, 0.15) is 50.0 Å². The molecule has 0 heterocycles. The predicted molar refractivity (Wildman–Crippen MR) is 82.0 cm³/mol. The molecule has 2 saturated carbocycles. The van der Waals surface area contributed by atoms with Gasteiger partial charge in [-0.1, -0.05) is 18.0 Å². The highest BCUT2D eigenvalue weighted by molar-refractivity contribution is 6.30. The minimum absolute atomic E-state index is 0.0255. The van der Waals surface area contributed by atoms with Gasteiger partial charge in [-0.3, -0.25) is 4.79 Å². The molecule has 0 amide bonds. The van der Waals surface area contributed by atoms with Gasteiger partial charge in [-0.05, 0) is 61.3 Å². The van der Waals surface area contributed by atoms with Crippen LogP contribution in [0.3, 0.4) is 0 Å². The number of ether oxygens (including phenoxy) is 1. The molecule has 21 heavy (non-hydrogen) atoms. The Labute approximate surface area is 130 Å². The fourth-order valence-electron chi connectivity index (χ4n) is 3.02. The molecule has 0 saturated heterocycles. The maximum Gasteiger partial charge on any atom is 0.303 e. The van der Waals surface area contributed by atoms with Gasteiger partial charge in [-0.2, -0.15) is 0 Å². The number of aliphatic carboxylic acids is 1. The quantitative estimate of drug-likeness (QED) is 0.807. The largest absolute Gasteiger partial charge is 0.493 e. The number of rotatable bonds is 7. The zero-order chi connectivity index (χ0) is 14.8. The van der Waals surface area contributed by atoms with Crippen LogP contribution in [0.2, 0.25) is 5.02 Å². The Bertz CT molecular complexity index is 521. The van der Waals surface area contributed by atoms with E-state index in [0.29, 0.717) is 16.9 Å². The van der Waals surface area contributed by atoms with Crippen LogP contribution >= 0.6 is 11.6 Å². The second-order valence-corrected chi connectivity index (χ2v) is 6.77. The molecule has 0 spiro atoms. The predicted octanol–water partition coefficient (Wildman–Crippen LogP) is 4.49. The van der Waals surface area contributed by atoms with Gasteiger partial charge in [-0.25, -0.2) is 0 Å². The summed E-state index contributed by atoms with van der Waals surface area (Å²) in [5, 5.41) is 9.82. The topological polar surface area (TPSA) is 46.5 Å². The summed E-state index contributed by atoms with van der Waals surface area (Å²) in [6, 6.07) is 5.61. The Balaban J connectivity index is 1.79. The van der Waals surface area contributed by atoms with Crippen LogP contribution in [0, 0.1) is 11.8 Å². The van der Waals surface area contributed by atoms with Crippen molar-refractivity contribution in [1.29, 1.82) is 0 Å². The molecule has 4 heteroatoms. The maximum absolute atomic E-state index is 11.2. The monoisotopic (exact) mass is 308 g/mol. The first-order valence-corrected chi connectivity index (χ1v) is 8.15. The summed E-state index contributed by atoms with van der Waals surface area (Å²) in [6.45, 7) is 0.735. The summed E-state index contributed by atoms with van der Waals surface area (Å²) in [4.78, 5) is 11.2. The van der Waals surface area contributed by atoms with Gasteiger partial charge in [0.15, 0.2) is 0 Å². The fraction of sp³-hybridized carbons (Fsp3) is 0.588. The van der Waals surface area contributed by atoms with Crippen molar-refractivity contribution in [1.82, 2.24) is 0 Å². The van der Waals surface area contributed by atoms with Crippen molar-refractivity contribution >= 4 is 17.6 Å². The zero-order valence-corrected chi connectivity index (χ0v) is 12.8. The first-order valence-electron chi connectivity index (χ1n) is 7.77. The molecule has 1 aromatic rings. The van der Waals surface area contributed by atoms with E-state index in [1.807, 2.05) is 18.2 Å². The fourth-order valence-corrected chi connectivity index (χ4v) is 3.21. The second kappa shape index (κ2) is 6.27. The molecular weight excluding hydrogens is 288 g/mol. The Morgan fingerprint density at radius 1 is 1.33 bits per heavy atom. The molecule has 114 valence electrons. The molecule has 1 N–H and O–H groups in total. The van der Waals surface area contributed by atoms with E-state index in [9.17, 15) is 9.90 Å². The molecule has 0 radical (unpaired) electrons. The molecule has 0 aliphatic heterocycles. The van der Waals surface area contributed by atoms with Gasteiger partial charge in [-0.15, -0.1) is 0 Å². The van der Waals surface area contributed by atoms with Crippen molar-refractivity contribution in [2.45, 2.75) is 44.4 Å². The summed E-state index contributed by atoms with van der Waals surface area (Å²) in [7, 11) is 0. The maximum atomic E-state index is 11.2. The second-order valence-electron chi connectivity index (χ2n) is 6.33. The highest BCUT2D eigenvalue weighted by Crippen LogP contribution is 2.47. The van der Waals surface area contributed by atoms with Gasteiger partial charge < -0.3 is 9.84 Å². The van der Waals surface area contributed by atoms with E-state index in [1.54, 1.807) is 0 Å². The van der Waals surface area contributed by atoms with E-state index in [-0.39, 0.29) is 12.3 Å². The first kappa shape index (κ1) is 14.7. The average Bonchev–Trinajstić information content (AvgIpc) is 3.20. The summed E-state index contributed by atoms with van der Waals surface area (Å²) in [5.41, 5.74) is 0.978. The van der Waals surface area contributed by atoms with Crippen molar-refractivity contribution in [2.24, 2.45) is 11.8 Å². The lowest BCUT2D eigenvalue weighted by Gasteiger charge is -2.26. The molecule has 1 atom stereocenters. The van der Waals surface area contributed by atoms with Crippen LogP contribution in [-0.2, 0) is 4.79 Å². The smallest absolute Gasteiger partial charge is 0.303 e. The van der Waals surface area contributed by atoms with Crippen molar-refractivity contribution in [2.75, 3.05) is 6.61 Å². The molecule has 0 aromatic heterocycles. The number of benzene rings is 1. The number of carboxylic acids is 1. The van der Waals surface area contributed by atoms with Crippen molar-refractivity contribution in [3.8, 4) is 5.75 Å². The van der Waals surface area contributed by atoms with Crippen LogP contribution in [-0.4, -0.2) is 17.7 Å². The summed E-state index contributed by atoms with van der Waals surface area (Å²) in [5.74, 6) is 1.22. The minimum atomic E-state index is -0.753. The molecule has 1 unspecified atom stereocenters. The molecule has 1 aromatic carbocycles. The molecule has 2 fully saturated rings. The highest BCUT2D eigenvalue weighted by Gasteiger charge is 2.35. The summed E-state index contributed by atoms with van der Waals surface area (Å²) < 4.78 is 5.98. The Morgan fingerprint density at radius 3 is 2.67 bits per heavy atom. The Kier molecular flexibility index (Phi) is 4.39. The van der Waals surface area contributed by atoms with Crippen LogP contribution in [0.5, 0.6) is 5.75 Å². The van der Waals surface area contributed by atoms with Crippen LogP contribution in [0.4, 0.5) is 0 Å². The molecule has 2 aliphatic carbocycles. The molecular formula is C17H21ClO3. The van der Waals surface area contributed by atoms with Crippen LogP contribution in [0.15, 0.2) is 18.2 Å². The van der Waals surface area contributed by atoms with E-state index >= 15 is 0 Å². The molecule has 3 rings (SSSR count). The molecule has 2 aliphatic rings. The van der Waals surface area contributed by atoms with Gasteiger partial charge in [0, 0.05) is 10.9 Å². The van der Waals surface area contributed by atoms with Crippen LogP contribution in [0.25, 0.3) is 0 Å². The van der Waals surface area contributed by atoms with Crippen molar-refractivity contribution in [3.63, 3.8) is 0 Å². The van der Waals surface area contributed by atoms with Crippen molar-refractivity contribution in [3.05, 3.63) is 28.8 Å². The zero-order valence-electron chi connectivity index (χ0n) is 12.1. The van der Waals surface area contributed by atoms with Crippen molar-refractivity contribution < 1.29 is 14.6 Å². The van der Waals surface area contributed by atoms with Gasteiger partial charge in [0.25, 0.3) is 0 Å². The van der Waals surface area contributed by atoms with E-state index < -0.39 is 5.97 Å². The lowest BCUT2D eigenvalue weighted by molar-refractivity contribution is -0.137. The summed E-state index contributed by atoms with van der Waals surface area (Å²) in [6.07, 6.45) is 6.14. The Morgan fingerprint density at radius 2 is 2.10 bits per heavy atom. The average molecular weight is 309 g/mol. The Hall–Kier alpha value is -1.22. The van der Waals surface area contributed by atoms with Gasteiger partial charge >= 0.3 is 5.97 Å². The van der Waals surface area contributed by atoms with Gasteiger partial charge in [0.2, 0.25) is 0 Å². The normalized spacial score (nSPS) is 19.9. The highest BCUT2D eigenvalue weighted by atomic mass is 35.5. The SMILES string of the molecule is O=C(O)CC(c1cc(Cl)ccc1OCC1CCC1)C1CC1. The van der Waals surface area contributed by atoms with Gasteiger partial charge in [0.05, 0.1) is 13.0 Å². The number of carbonyl (C=O) groups is 1. The molecule has 0 bridgehead atoms. The van der Waals surface area contributed by atoms with E-state index in [4.69, 9.17) is 16.3 Å². The lowest BCUT2D eigenvalue weighted by atomic mass is 9.86. The number of hydrogen-bond donors (Lipinski definition) is 1. The van der Waals surface area contributed by atoms with E-state index in [0.717, 1.165) is 30.8 Å². The van der Waals surface area contributed by atoms with Gasteiger partial charge in [0.1, 0.15) is 5.75 Å². The third-order valence-corrected chi connectivity index (χ3v) is 4.89. The minimum Gasteiger partial charge on any atom is -0.493 e. The van der Waals surface area contributed by atoms with E-state index in [2.05, 4.69) is 0 Å². The third-order valence-electron chi connectivity index (χ3n) is 4.66. The van der Waals surface area contributed by atoms with Crippen LogP contribution < -0.4 is 4.74 Å². The standard InChI is InChI=1S/C17H21ClO3/c18-13-6-7-16(21-10-11-2-1-3-11)15(8-13)14(9-17(19)20)12-4-5-12/h6-8,11-12,14H,1-5,9-10H2,(H,19,20). The summed E-state index contributed by atoms with van der Waals surface area (Å²) >= 11 is 6.12.